The van der Waals surface area contributed by atoms with Gasteiger partial charge in [-0.15, -0.1) is 0 Å². The molecule has 8 nitrogen and oxygen atoms in total. The molecule has 10 heteroatoms. The highest BCUT2D eigenvalue weighted by molar-refractivity contribution is 7.89. The number of thiazole rings is 1. The van der Waals surface area contributed by atoms with Gasteiger partial charge in [0.2, 0.25) is 10.0 Å². The molecule has 1 amide bonds. The molecule has 1 aromatic carbocycles. The molecule has 0 spiro atoms. The molecule has 0 fully saturated rings. The Bertz CT molecular complexity index is 1110. The Morgan fingerprint density at radius 3 is 2.68 bits per heavy atom. The number of carbonyl (C=O) groups is 1. The first-order chi connectivity index (χ1) is 13.3. The van der Waals surface area contributed by atoms with Crippen LogP contribution in [0.1, 0.15) is 24.3 Å². The highest BCUT2D eigenvalue weighted by Gasteiger charge is 2.25. The fraction of sp³-hybridized carbons (Fsp3) is 0.333. The van der Waals surface area contributed by atoms with Crippen molar-refractivity contribution in [1.82, 2.24) is 13.9 Å². The maximum Gasteiger partial charge on any atom is 0.274 e. The van der Waals surface area contributed by atoms with Crippen LogP contribution in [-0.4, -0.2) is 48.4 Å². The molecule has 0 aliphatic carbocycles. The van der Waals surface area contributed by atoms with E-state index in [9.17, 15) is 13.2 Å². The molecule has 0 aliphatic rings. The summed E-state index contributed by atoms with van der Waals surface area (Å²) >= 11 is 1.32. The number of amides is 1. The molecule has 0 unspecified atom stereocenters. The number of nitrogens with one attached hydrogen (secondary N) is 1. The quantitative estimate of drug-likeness (QED) is 0.632. The predicted octanol–water partition coefficient (Wildman–Crippen LogP) is 2.93. The SMILES string of the molecule is CCN(CC)S(=O)(=O)c1cc(C(=O)Nc2nc3c(OC)cccc3s2)n(C)c1. The number of carbonyl (C=O) groups excluding carboxylic acids is 1. The minimum absolute atomic E-state index is 0.0924. The minimum Gasteiger partial charge on any atom is -0.494 e. The number of anilines is 1. The van der Waals surface area contributed by atoms with Gasteiger partial charge in [-0.05, 0) is 18.2 Å². The number of ether oxygens (including phenoxy) is 1. The number of para-hydroxylation sites is 1. The molecule has 0 bridgehead atoms. The summed E-state index contributed by atoms with van der Waals surface area (Å²) < 4.78 is 34.4. The summed E-state index contributed by atoms with van der Waals surface area (Å²) in [5.41, 5.74) is 0.902. The molecule has 0 saturated carbocycles. The van der Waals surface area contributed by atoms with E-state index in [0.717, 1.165) is 4.70 Å². The molecular formula is C18H22N4O4S2. The van der Waals surface area contributed by atoms with E-state index in [0.29, 0.717) is 29.5 Å². The first-order valence-corrected chi connectivity index (χ1v) is 11.0. The maximum atomic E-state index is 12.7. The van der Waals surface area contributed by atoms with Crippen LogP contribution in [-0.2, 0) is 17.1 Å². The van der Waals surface area contributed by atoms with E-state index in [-0.39, 0.29) is 10.6 Å². The molecule has 2 aromatic heterocycles. The van der Waals surface area contributed by atoms with Gasteiger partial charge in [-0.3, -0.25) is 10.1 Å². The molecule has 0 aliphatic heterocycles. The third kappa shape index (κ3) is 3.62. The lowest BCUT2D eigenvalue weighted by atomic mass is 10.3. The van der Waals surface area contributed by atoms with Gasteiger partial charge in [0.1, 0.15) is 21.9 Å². The van der Waals surface area contributed by atoms with Crippen molar-refractivity contribution in [3.05, 3.63) is 36.2 Å². The Morgan fingerprint density at radius 2 is 2.04 bits per heavy atom. The third-order valence-corrected chi connectivity index (χ3v) is 7.33. The van der Waals surface area contributed by atoms with Crippen molar-refractivity contribution < 1.29 is 17.9 Å². The van der Waals surface area contributed by atoms with Crippen LogP contribution in [0.3, 0.4) is 0 Å². The Morgan fingerprint density at radius 1 is 1.32 bits per heavy atom. The predicted molar refractivity (Wildman–Crippen MR) is 110 cm³/mol. The highest BCUT2D eigenvalue weighted by atomic mass is 32.2. The van der Waals surface area contributed by atoms with Crippen molar-refractivity contribution >= 4 is 42.6 Å². The van der Waals surface area contributed by atoms with Crippen LogP contribution >= 0.6 is 11.3 Å². The van der Waals surface area contributed by atoms with Gasteiger partial charge in [0.15, 0.2) is 5.13 Å². The van der Waals surface area contributed by atoms with E-state index in [2.05, 4.69) is 10.3 Å². The largest absolute Gasteiger partial charge is 0.494 e. The van der Waals surface area contributed by atoms with E-state index < -0.39 is 15.9 Å². The van der Waals surface area contributed by atoms with Gasteiger partial charge in [-0.2, -0.15) is 4.31 Å². The molecule has 3 rings (SSSR count). The number of rotatable bonds is 7. The fourth-order valence-electron chi connectivity index (χ4n) is 2.92. The summed E-state index contributed by atoms with van der Waals surface area (Å²) in [5.74, 6) is 0.197. The standard InChI is InChI=1S/C18H22N4O4S2/c1-5-22(6-2)28(24,25)12-10-13(21(3)11-12)17(23)20-18-19-16-14(26-4)8-7-9-15(16)27-18/h7-11H,5-6H2,1-4H3,(H,19,20,23). The van der Waals surface area contributed by atoms with E-state index >= 15 is 0 Å². The number of sulfonamides is 1. The smallest absolute Gasteiger partial charge is 0.274 e. The third-order valence-electron chi connectivity index (χ3n) is 4.38. The molecule has 28 heavy (non-hydrogen) atoms. The van der Waals surface area contributed by atoms with Crippen molar-refractivity contribution in [3.8, 4) is 5.75 Å². The van der Waals surface area contributed by atoms with Crippen molar-refractivity contribution in [2.45, 2.75) is 18.7 Å². The topological polar surface area (TPSA) is 93.5 Å². The minimum atomic E-state index is -3.64. The summed E-state index contributed by atoms with van der Waals surface area (Å²) in [7, 11) is -0.436. The first kappa shape index (κ1) is 20.3. The van der Waals surface area contributed by atoms with Gasteiger partial charge >= 0.3 is 0 Å². The fourth-order valence-corrected chi connectivity index (χ4v) is 5.32. The van der Waals surface area contributed by atoms with E-state index in [1.165, 1.54) is 32.5 Å². The summed E-state index contributed by atoms with van der Waals surface area (Å²) in [6.45, 7) is 4.28. The van der Waals surface area contributed by atoms with Gasteiger partial charge < -0.3 is 9.30 Å². The number of fused-ring (bicyclic) bond motifs is 1. The van der Waals surface area contributed by atoms with Crippen LogP contribution in [0, 0.1) is 0 Å². The second kappa shape index (κ2) is 7.90. The lowest BCUT2D eigenvalue weighted by Crippen LogP contribution is -2.30. The molecule has 3 aromatic rings. The zero-order chi connectivity index (χ0) is 20.5. The second-order valence-electron chi connectivity index (χ2n) is 6.04. The number of hydrogen-bond donors (Lipinski definition) is 1. The van der Waals surface area contributed by atoms with Gasteiger partial charge in [-0.25, -0.2) is 13.4 Å². The van der Waals surface area contributed by atoms with E-state index in [4.69, 9.17) is 4.74 Å². The summed E-state index contributed by atoms with van der Waals surface area (Å²) in [4.78, 5) is 17.2. The Hall–Kier alpha value is -2.43. The average Bonchev–Trinajstić information content (AvgIpc) is 3.25. The summed E-state index contributed by atoms with van der Waals surface area (Å²) in [6, 6.07) is 6.93. The Kier molecular flexibility index (Phi) is 5.73. The highest BCUT2D eigenvalue weighted by Crippen LogP contribution is 2.32. The normalized spacial score (nSPS) is 11.9. The molecular weight excluding hydrogens is 400 g/mol. The molecule has 1 N–H and O–H groups in total. The van der Waals surface area contributed by atoms with Crippen LogP contribution in [0.15, 0.2) is 35.4 Å². The van der Waals surface area contributed by atoms with Gasteiger partial charge in [-0.1, -0.05) is 31.3 Å². The van der Waals surface area contributed by atoms with Crippen LogP contribution in [0.25, 0.3) is 10.2 Å². The van der Waals surface area contributed by atoms with Crippen molar-refractivity contribution in [3.63, 3.8) is 0 Å². The van der Waals surface area contributed by atoms with Gasteiger partial charge in [0.05, 0.1) is 11.8 Å². The van der Waals surface area contributed by atoms with Crippen LogP contribution in [0.5, 0.6) is 5.75 Å². The van der Waals surface area contributed by atoms with Crippen molar-refractivity contribution in [2.75, 3.05) is 25.5 Å². The lowest BCUT2D eigenvalue weighted by molar-refractivity contribution is 0.101. The number of aryl methyl sites for hydroxylation is 1. The van der Waals surface area contributed by atoms with Crippen molar-refractivity contribution in [1.29, 1.82) is 0 Å². The number of benzene rings is 1. The number of nitrogens with zero attached hydrogens (tertiary/aromatic N) is 3. The number of hydrogen-bond acceptors (Lipinski definition) is 6. The lowest BCUT2D eigenvalue weighted by Gasteiger charge is -2.17. The molecule has 2 heterocycles. The number of methoxy groups -OCH3 is 1. The van der Waals surface area contributed by atoms with E-state index in [1.807, 2.05) is 12.1 Å². The summed E-state index contributed by atoms with van der Waals surface area (Å²) in [5, 5.41) is 3.16. The molecule has 150 valence electrons. The average molecular weight is 423 g/mol. The maximum absolute atomic E-state index is 12.7. The first-order valence-electron chi connectivity index (χ1n) is 8.73. The van der Waals surface area contributed by atoms with Gasteiger partial charge in [0, 0.05) is 26.3 Å². The molecule has 0 saturated heterocycles. The van der Waals surface area contributed by atoms with Crippen molar-refractivity contribution in [2.24, 2.45) is 7.05 Å². The van der Waals surface area contributed by atoms with Crippen LogP contribution in [0.4, 0.5) is 5.13 Å². The van der Waals surface area contributed by atoms with E-state index in [1.54, 1.807) is 34.1 Å². The van der Waals surface area contributed by atoms with Crippen LogP contribution in [0.2, 0.25) is 0 Å². The zero-order valence-electron chi connectivity index (χ0n) is 16.1. The van der Waals surface area contributed by atoms with Crippen LogP contribution < -0.4 is 10.1 Å². The zero-order valence-corrected chi connectivity index (χ0v) is 17.7. The number of aromatic nitrogens is 2. The monoisotopic (exact) mass is 422 g/mol. The molecule has 0 radical (unpaired) electrons. The van der Waals surface area contributed by atoms with Gasteiger partial charge in [0.25, 0.3) is 5.91 Å². The second-order valence-corrected chi connectivity index (χ2v) is 9.01. The Labute approximate surface area is 167 Å². The Balaban J connectivity index is 1.89. The molecule has 0 atom stereocenters. The summed E-state index contributed by atoms with van der Waals surface area (Å²) in [6.07, 6.45) is 1.45.